The average molecular weight is 455 g/mol. The van der Waals surface area contributed by atoms with Gasteiger partial charge in [-0.15, -0.1) is 0 Å². The van der Waals surface area contributed by atoms with E-state index in [1.54, 1.807) is 0 Å². The predicted molar refractivity (Wildman–Crippen MR) is 115 cm³/mol. The van der Waals surface area contributed by atoms with Crippen molar-refractivity contribution in [1.29, 1.82) is 0 Å². The highest BCUT2D eigenvalue weighted by atomic mass is 16.2. The number of rotatable bonds is 9. The highest BCUT2D eigenvalue weighted by molar-refractivity contribution is 5.96. The average Bonchev–Trinajstić information content (AvgIpc) is 3.21. The van der Waals surface area contributed by atoms with Crippen molar-refractivity contribution in [2.75, 3.05) is 13.6 Å². The van der Waals surface area contributed by atoms with Crippen LogP contribution in [0.15, 0.2) is 0 Å². The van der Waals surface area contributed by atoms with Crippen LogP contribution in [0.3, 0.4) is 0 Å². The molecule has 0 saturated carbocycles. The van der Waals surface area contributed by atoms with E-state index in [4.69, 9.17) is 0 Å². The summed E-state index contributed by atoms with van der Waals surface area (Å²) in [4.78, 5) is 73.9. The lowest BCUT2D eigenvalue weighted by Crippen LogP contribution is -2.57. The van der Waals surface area contributed by atoms with Crippen molar-refractivity contribution in [3.05, 3.63) is 0 Å². The first-order chi connectivity index (χ1) is 14.9. The Morgan fingerprint density at radius 1 is 0.750 bits per heavy atom. The van der Waals surface area contributed by atoms with E-state index < -0.39 is 47.9 Å². The van der Waals surface area contributed by atoms with E-state index in [-0.39, 0.29) is 17.7 Å². The van der Waals surface area contributed by atoms with Gasteiger partial charge in [0.05, 0.1) is 0 Å². The summed E-state index contributed by atoms with van der Waals surface area (Å²) in [6.45, 7) is 7.58. The zero-order valence-corrected chi connectivity index (χ0v) is 19.4. The molecular weight excluding hydrogens is 420 g/mol. The molecule has 180 valence electrons. The molecule has 1 rings (SSSR count). The molecule has 12 heteroatoms. The molecule has 5 unspecified atom stereocenters. The summed E-state index contributed by atoms with van der Waals surface area (Å²) in [6.07, 6.45) is 1.25. The zero-order chi connectivity index (χ0) is 24.6. The minimum absolute atomic E-state index is 0.251. The Kier molecular flexibility index (Phi) is 10.1. The first kappa shape index (κ1) is 26.9. The third-order valence-corrected chi connectivity index (χ3v) is 5.13. The fraction of sp³-hybridized carbons (Fsp3) is 0.700. The number of carbonyl (C=O) groups is 6. The number of likely N-dealkylation sites (tertiary alicyclic amines) is 1. The summed E-state index contributed by atoms with van der Waals surface area (Å²) in [5.41, 5.74) is 0. The van der Waals surface area contributed by atoms with Crippen molar-refractivity contribution in [3.8, 4) is 0 Å². The normalized spacial score (nSPS) is 19.1. The van der Waals surface area contributed by atoms with Gasteiger partial charge in [0.2, 0.25) is 35.4 Å². The molecular formula is C20H34N6O6. The minimum atomic E-state index is -0.974. The molecule has 5 N–H and O–H groups in total. The van der Waals surface area contributed by atoms with Gasteiger partial charge in [0.15, 0.2) is 0 Å². The molecule has 6 amide bonds. The van der Waals surface area contributed by atoms with Crippen molar-refractivity contribution >= 4 is 35.4 Å². The van der Waals surface area contributed by atoms with Gasteiger partial charge in [-0.1, -0.05) is 0 Å². The molecule has 0 aromatic rings. The van der Waals surface area contributed by atoms with E-state index in [1.807, 2.05) is 0 Å². The Hall–Kier alpha value is -3.18. The molecule has 0 bridgehead atoms. The highest BCUT2D eigenvalue weighted by Crippen LogP contribution is 2.18. The van der Waals surface area contributed by atoms with Gasteiger partial charge in [-0.2, -0.15) is 0 Å². The largest absolute Gasteiger partial charge is 0.357 e. The lowest BCUT2D eigenvalue weighted by atomic mass is 10.2. The van der Waals surface area contributed by atoms with Gasteiger partial charge in [-0.3, -0.25) is 28.8 Å². The maximum absolute atomic E-state index is 12.7. The number of likely N-dealkylation sites (N-methyl/N-ethyl adjacent to an activating group) is 1. The van der Waals surface area contributed by atoms with Crippen LogP contribution in [0, 0.1) is 0 Å². The van der Waals surface area contributed by atoms with Crippen LogP contribution in [-0.4, -0.2) is 84.1 Å². The maximum Gasteiger partial charge on any atom is 0.245 e. The molecule has 1 heterocycles. The SMILES string of the molecule is CNC(=O)C1CCCN1C(=O)C(C)NC(=O)C(C)NC(=O)C(C)NC(=O)C(C)NC(C)=O. The van der Waals surface area contributed by atoms with E-state index in [9.17, 15) is 28.8 Å². The molecule has 0 spiro atoms. The Balaban J connectivity index is 2.57. The number of amides is 6. The molecule has 1 aliphatic rings. The second kappa shape index (κ2) is 12.0. The van der Waals surface area contributed by atoms with Crippen molar-refractivity contribution in [3.63, 3.8) is 0 Å². The third-order valence-electron chi connectivity index (χ3n) is 5.13. The molecule has 1 fully saturated rings. The van der Waals surface area contributed by atoms with Gasteiger partial charge in [-0.05, 0) is 40.5 Å². The summed E-state index contributed by atoms with van der Waals surface area (Å²) in [5.74, 6) is -2.74. The number of hydrogen-bond donors (Lipinski definition) is 5. The number of nitrogens with one attached hydrogen (secondary N) is 5. The topological polar surface area (TPSA) is 166 Å². The monoisotopic (exact) mass is 454 g/mol. The molecule has 32 heavy (non-hydrogen) atoms. The Morgan fingerprint density at radius 3 is 1.62 bits per heavy atom. The lowest BCUT2D eigenvalue weighted by Gasteiger charge is -2.27. The van der Waals surface area contributed by atoms with Crippen LogP contribution in [-0.2, 0) is 28.8 Å². The van der Waals surface area contributed by atoms with Gasteiger partial charge in [0, 0.05) is 20.5 Å². The van der Waals surface area contributed by atoms with Crippen molar-refractivity contribution in [1.82, 2.24) is 31.5 Å². The lowest BCUT2D eigenvalue weighted by molar-refractivity contribution is -0.141. The van der Waals surface area contributed by atoms with Crippen LogP contribution in [0.25, 0.3) is 0 Å². The Bertz CT molecular complexity index is 757. The zero-order valence-electron chi connectivity index (χ0n) is 19.4. The van der Waals surface area contributed by atoms with Crippen LogP contribution in [0.4, 0.5) is 0 Å². The van der Waals surface area contributed by atoms with Crippen molar-refractivity contribution in [2.45, 2.75) is 77.7 Å². The van der Waals surface area contributed by atoms with Crippen LogP contribution in [0.2, 0.25) is 0 Å². The van der Waals surface area contributed by atoms with Gasteiger partial charge in [0.25, 0.3) is 0 Å². The highest BCUT2D eigenvalue weighted by Gasteiger charge is 2.36. The van der Waals surface area contributed by atoms with Crippen molar-refractivity contribution < 1.29 is 28.8 Å². The quantitative estimate of drug-likeness (QED) is 0.264. The first-order valence-electron chi connectivity index (χ1n) is 10.6. The third kappa shape index (κ3) is 7.50. The smallest absolute Gasteiger partial charge is 0.245 e. The Morgan fingerprint density at radius 2 is 1.19 bits per heavy atom. The van der Waals surface area contributed by atoms with Gasteiger partial charge in [-0.25, -0.2) is 0 Å². The van der Waals surface area contributed by atoms with Crippen molar-refractivity contribution in [2.24, 2.45) is 0 Å². The van der Waals surface area contributed by atoms with Gasteiger partial charge >= 0.3 is 0 Å². The standard InChI is InChI=1S/C20H34N6O6/c1-10(22-14(5)27)16(28)23-11(2)17(29)24-12(3)18(30)25-13(4)20(32)26-9-7-8-15(26)19(31)21-6/h10-13,15H,7-9H2,1-6H3,(H,21,31)(H,22,27)(H,23,28)(H,24,29)(H,25,30). The maximum atomic E-state index is 12.7. The molecule has 1 saturated heterocycles. The van der Waals surface area contributed by atoms with E-state index in [1.165, 1.54) is 46.6 Å². The summed E-state index contributed by atoms with van der Waals surface area (Å²) >= 11 is 0. The number of nitrogens with zero attached hydrogens (tertiary/aromatic N) is 1. The van der Waals surface area contributed by atoms with Crippen LogP contribution in [0.5, 0.6) is 0 Å². The fourth-order valence-electron chi connectivity index (χ4n) is 3.30. The van der Waals surface area contributed by atoms with E-state index in [0.717, 1.165) is 0 Å². The van der Waals surface area contributed by atoms with Gasteiger partial charge < -0.3 is 31.5 Å². The fourth-order valence-corrected chi connectivity index (χ4v) is 3.30. The van der Waals surface area contributed by atoms with Gasteiger partial charge in [0.1, 0.15) is 30.2 Å². The predicted octanol–water partition coefficient (Wildman–Crippen LogP) is -2.24. The van der Waals surface area contributed by atoms with E-state index in [2.05, 4.69) is 26.6 Å². The second-order valence-electron chi connectivity index (χ2n) is 7.92. The van der Waals surface area contributed by atoms with Crippen LogP contribution in [0.1, 0.15) is 47.5 Å². The number of hydrogen-bond acceptors (Lipinski definition) is 6. The van der Waals surface area contributed by atoms with Crippen LogP contribution < -0.4 is 26.6 Å². The minimum Gasteiger partial charge on any atom is -0.357 e. The van der Waals surface area contributed by atoms with E-state index >= 15 is 0 Å². The van der Waals surface area contributed by atoms with Crippen LogP contribution >= 0.6 is 0 Å². The molecule has 0 aromatic carbocycles. The summed E-state index contributed by atoms with van der Waals surface area (Å²) in [6, 6.07) is -4.19. The Labute approximate surface area is 187 Å². The molecule has 0 radical (unpaired) electrons. The molecule has 12 nitrogen and oxygen atoms in total. The summed E-state index contributed by atoms with van der Waals surface area (Å²) in [5, 5.41) is 12.4. The van der Waals surface area contributed by atoms with E-state index in [0.29, 0.717) is 19.4 Å². The summed E-state index contributed by atoms with van der Waals surface area (Å²) in [7, 11) is 1.50. The second-order valence-corrected chi connectivity index (χ2v) is 7.92. The molecule has 5 atom stereocenters. The first-order valence-corrected chi connectivity index (χ1v) is 10.6. The molecule has 0 aliphatic carbocycles. The number of carbonyl (C=O) groups excluding carboxylic acids is 6. The summed E-state index contributed by atoms with van der Waals surface area (Å²) < 4.78 is 0. The molecule has 0 aromatic heterocycles. The molecule has 1 aliphatic heterocycles.